The van der Waals surface area contributed by atoms with Gasteiger partial charge in [0.15, 0.2) is 0 Å². The Morgan fingerprint density at radius 3 is 2.38 bits per heavy atom. The molecule has 0 amide bonds. The average Bonchev–Trinajstić information content (AvgIpc) is 2.49. The number of pyridine rings is 1. The summed E-state index contributed by atoms with van der Waals surface area (Å²) in [4.78, 5) is 13.5. The summed E-state index contributed by atoms with van der Waals surface area (Å²) in [5.41, 5.74) is 3.26. The van der Waals surface area contributed by atoms with E-state index in [4.69, 9.17) is 0 Å². The zero-order valence-electron chi connectivity index (χ0n) is 13.2. The van der Waals surface area contributed by atoms with Crippen molar-refractivity contribution in [3.63, 3.8) is 0 Å². The second-order valence-electron chi connectivity index (χ2n) is 4.97. The number of hydrogen-bond donors (Lipinski definition) is 2. The molecule has 0 aliphatic heterocycles. The van der Waals surface area contributed by atoms with E-state index >= 15 is 0 Å². The van der Waals surface area contributed by atoms with E-state index in [1.54, 1.807) is 0 Å². The Morgan fingerprint density at radius 2 is 1.76 bits per heavy atom. The fourth-order valence-electron chi connectivity index (χ4n) is 2.10. The van der Waals surface area contributed by atoms with E-state index in [1.807, 2.05) is 19.2 Å². The molecule has 5 heteroatoms. The van der Waals surface area contributed by atoms with E-state index in [0.29, 0.717) is 6.54 Å². The number of nitrogens with one attached hydrogen (secondary N) is 2. The number of rotatable bonds is 6. The third-order valence-corrected chi connectivity index (χ3v) is 3.39. The summed E-state index contributed by atoms with van der Waals surface area (Å²) in [5, 5.41) is 6.68. The quantitative estimate of drug-likeness (QED) is 0.854. The first-order chi connectivity index (χ1) is 10.2. The van der Waals surface area contributed by atoms with Crippen LogP contribution in [-0.4, -0.2) is 21.5 Å². The Hall–Kier alpha value is -2.17. The van der Waals surface area contributed by atoms with Crippen molar-refractivity contribution in [3.8, 4) is 0 Å². The monoisotopic (exact) mass is 285 g/mol. The minimum atomic E-state index is 0.666. The molecular formula is C16H23N5. The van der Waals surface area contributed by atoms with Gasteiger partial charge in [-0.3, -0.25) is 4.98 Å². The van der Waals surface area contributed by atoms with Gasteiger partial charge in [-0.15, -0.1) is 0 Å². The SMILES string of the molecule is CCNc1nc(CC)nc(NCc2ncccc2C)c1C. The molecule has 0 aliphatic carbocycles. The largest absolute Gasteiger partial charge is 0.370 e. The van der Waals surface area contributed by atoms with Gasteiger partial charge in [0.05, 0.1) is 12.2 Å². The van der Waals surface area contributed by atoms with Crippen molar-refractivity contribution in [1.29, 1.82) is 0 Å². The molecule has 0 saturated heterocycles. The van der Waals surface area contributed by atoms with Crippen LogP contribution in [0, 0.1) is 13.8 Å². The van der Waals surface area contributed by atoms with Crippen LogP contribution in [0.3, 0.4) is 0 Å². The van der Waals surface area contributed by atoms with E-state index in [9.17, 15) is 0 Å². The molecule has 2 heterocycles. The predicted octanol–water partition coefficient (Wildman–Crippen LogP) is 3.09. The first kappa shape index (κ1) is 15.2. The highest BCUT2D eigenvalue weighted by Gasteiger charge is 2.10. The lowest BCUT2D eigenvalue weighted by atomic mass is 10.2. The first-order valence-corrected chi connectivity index (χ1v) is 7.41. The van der Waals surface area contributed by atoms with Crippen LogP contribution in [0.15, 0.2) is 18.3 Å². The summed E-state index contributed by atoms with van der Waals surface area (Å²) in [5.74, 6) is 2.63. The van der Waals surface area contributed by atoms with Gasteiger partial charge in [0, 0.05) is 24.7 Å². The lowest BCUT2D eigenvalue weighted by Gasteiger charge is -2.14. The second kappa shape index (κ2) is 7.02. The zero-order chi connectivity index (χ0) is 15.2. The molecule has 2 aromatic rings. The maximum atomic E-state index is 4.59. The van der Waals surface area contributed by atoms with Crippen molar-refractivity contribution in [2.45, 2.75) is 40.7 Å². The van der Waals surface area contributed by atoms with E-state index < -0.39 is 0 Å². The molecule has 0 spiro atoms. The van der Waals surface area contributed by atoms with Gasteiger partial charge in [-0.05, 0) is 32.4 Å². The van der Waals surface area contributed by atoms with Gasteiger partial charge in [0.25, 0.3) is 0 Å². The van der Waals surface area contributed by atoms with Crippen LogP contribution < -0.4 is 10.6 Å². The maximum Gasteiger partial charge on any atom is 0.135 e. The minimum absolute atomic E-state index is 0.666. The van der Waals surface area contributed by atoms with Crippen LogP contribution in [0.4, 0.5) is 11.6 Å². The highest BCUT2D eigenvalue weighted by atomic mass is 15.1. The molecule has 0 aromatic carbocycles. The van der Waals surface area contributed by atoms with Gasteiger partial charge in [-0.25, -0.2) is 9.97 Å². The summed E-state index contributed by atoms with van der Waals surface area (Å²) in [6.45, 7) is 9.74. The van der Waals surface area contributed by atoms with Crippen molar-refractivity contribution in [2.75, 3.05) is 17.2 Å². The minimum Gasteiger partial charge on any atom is -0.370 e. The van der Waals surface area contributed by atoms with Crippen LogP contribution in [-0.2, 0) is 13.0 Å². The Balaban J connectivity index is 2.22. The molecule has 5 nitrogen and oxygen atoms in total. The number of anilines is 2. The first-order valence-electron chi connectivity index (χ1n) is 7.41. The van der Waals surface area contributed by atoms with Gasteiger partial charge in [-0.1, -0.05) is 13.0 Å². The molecule has 21 heavy (non-hydrogen) atoms. The third-order valence-electron chi connectivity index (χ3n) is 3.39. The summed E-state index contributed by atoms with van der Waals surface area (Å²) < 4.78 is 0. The number of nitrogens with zero attached hydrogens (tertiary/aromatic N) is 3. The van der Waals surface area contributed by atoms with Crippen molar-refractivity contribution >= 4 is 11.6 Å². The topological polar surface area (TPSA) is 62.7 Å². The summed E-state index contributed by atoms with van der Waals surface area (Å²) in [6, 6.07) is 4.02. The predicted molar refractivity (Wildman–Crippen MR) is 86.6 cm³/mol. The Labute approximate surface area is 126 Å². The molecule has 0 atom stereocenters. The molecule has 2 rings (SSSR count). The lowest BCUT2D eigenvalue weighted by molar-refractivity contribution is 0.912. The van der Waals surface area contributed by atoms with Crippen molar-refractivity contribution < 1.29 is 0 Å². The summed E-state index contributed by atoms with van der Waals surface area (Å²) in [7, 11) is 0. The molecule has 0 unspecified atom stereocenters. The van der Waals surface area contributed by atoms with Crippen molar-refractivity contribution in [3.05, 3.63) is 41.0 Å². The number of hydrogen-bond acceptors (Lipinski definition) is 5. The van der Waals surface area contributed by atoms with Crippen molar-refractivity contribution in [1.82, 2.24) is 15.0 Å². The van der Waals surface area contributed by atoms with Gasteiger partial charge >= 0.3 is 0 Å². The fourth-order valence-corrected chi connectivity index (χ4v) is 2.10. The smallest absolute Gasteiger partial charge is 0.135 e. The lowest BCUT2D eigenvalue weighted by Crippen LogP contribution is -2.11. The van der Waals surface area contributed by atoms with E-state index in [0.717, 1.165) is 41.7 Å². The molecule has 0 bridgehead atoms. The molecular weight excluding hydrogens is 262 g/mol. The van der Waals surface area contributed by atoms with Gasteiger partial charge in [0.2, 0.25) is 0 Å². The number of aryl methyl sites for hydroxylation is 2. The third kappa shape index (κ3) is 3.68. The highest BCUT2D eigenvalue weighted by molar-refractivity contribution is 5.57. The molecule has 112 valence electrons. The second-order valence-corrected chi connectivity index (χ2v) is 4.97. The Kier molecular flexibility index (Phi) is 5.09. The number of aromatic nitrogens is 3. The average molecular weight is 285 g/mol. The van der Waals surface area contributed by atoms with Crippen LogP contribution in [0.2, 0.25) is 0 Å². The highest BCUT2D eigenvalue weighted by Crippen LogP contribution is 2.21. The van der Waals surface area contributed by atoms with E-state index in [2.05, 4.69) is 52.4 Å². The van der Waals surface area contributed by atoms with Crippen LogP contribution in [0.5, 0.6) is 0 Å². The fraction of sp³-hybridized carbons (Fsp3) is 0.438. The van der Waals surface area contributed by atoms with Gasteiger partial charge in [0.1, 0.15) is 17.5 Å². The van der Waals surface area contributed by atoms with E-state index in [-0.39, 0.29) is 0 Å². The van der Waals surface area contributed by atoms with Crippen LogP contribution in [0.25, 0.3) is 0 Å². The van der Waals surface area contributed by atoms with Crippen LogP contribution >= 0.6 is 0 Å². The molecule has 2 N–H and O–H groups in total. The zero-order valence-corrected chi connectivity index (χ0v) is 13.2. The summed E-state index contributed by atoms with van der Waals surface area (Å²) >= 11 is 0. The Morgan fingerprint density at radius 1 is 1.05 bits per heavy atom. The maximum absolute atomic E-state index is 4.59. The molecule has 0 saturated carbocycles. The normalized spacial score (nSPS) is 10.5. The van der Waals surface area contributed by atoms with E-state index in [1.165, 1.54) is 5.56 Å². The standard InChI is InChI=1S/C16H23N5/c1-5-14-20-15(17-6-2)12(4)16(21-14)19-10-13-11(3)8-7-9-18-13/h7-9H,5-6,10H2,1-4H3,(H2,17,19,20,21). The molecule has 0 fully saturated rings. The molecule has 0 radical (unpaired) electrons. The van der Waals surface area contributed by atoms with Gasteiger partial charge in [-0.2, -0.15) is 0 Å². The van der Waals surface area contributed by atoms with Crippen molar-refractivity contribution in [2.24, 2.45) is 0 Å². The van der Waals surface area contributed by atoms with Crippen LogP contribution in [0.1, 0.15) is 36.5 Å². The molecule has 2 aromatic heterocycles. The Bertz CT molecular complexity index is 610. The summed E-state index contributed by atoms with van der Waals surface area (Å²) in [6.07, 6.45) is 2.63. The molecule has 0 aliphatic rings. The van der Waals surface area contributed by atoms with Gasteiger partial charge < -0.3 is 10.6 Å².